The van der Waals surface area contributed by atoms with Crippen LogP contribution in [0.25, 0.3) is 11.5 Å². The average Bonchev–Trinajstić information content (AvgIpc) is 2.97. The van der Waals surface area contributed by atoms with Crippen molar-refractivity contribution < 1.29 is 9.21 Å². The van der Waals surface area contributed by atoms with Gasteiger partial charge in [0.2, 0.25) is 5.89 Å². The number of rotatable bonds is 3. The highest BCUT2D eigenvalue weighted by Crippen LogP contribution is 2.19. The Kier molecular flexibility index (Phi) is 3.61. The third-order valence-electron chi connectivity index (χ3n) is 2.66. The number of pyridine rings is 1. The van der Waals surface area contributed by atoms with Crippen molar-refractivity contribution >= 4 is 23.5 Å². The zero-order valence-electron chi connectivity index (χ0n) is 10.7. The van der Waals surface area contributed by atoms with Crippen molar-refractivity contribution in [3.63, 3.8) is 0 Å². The smallest absolute Gasteiger partial charge is 0.322 e. The highest BCUT2D eigenvalue weighted by atomic mass is 35.5. The first-order valence-corrected chi connectivity index (χ1v) is 6.42. The van der Waals surface area contributed by atoms with Crippen LogP contribution in [0, 0.1) is 0 Å². The van der Waals surface area contributed by atoms with Gasteiger partial charge < -0.3 is 4.42 Å². The van der Waals surface area contributed by atoms with Gasteiger partial charge in [0.1, 0.15) is 5.15 Å². The molecule has 3 aromatic rings. The van der Waals surface area contributed by atoms with Crippen LogP contribution in [0.1, 0.15) is 10.4 Å². The van der Waals surface area contributed by atoms with E-state index in [1.54, 1.807) is 6.07 Å². The van der Waals surface area contributed by atoms with Gasteiger partial charge in [-0.1, -0.05) is 34.9 Å². The monoisotopic (exact) mass is 300 g/mol. The molecule has 0 atom stereocenters. The molecule has 0 spiro atoms. The second kappa shape index (κ2) is 5.72. The predicted molar refractivity (Wildman–Crippen MR) is 76.9 cm³/mol. The molecule has 0 aliphatic rings. The van der Waals surface area contributed by atoms with Crippen LogP contribution in [0.3, 0.4) is 0 Å². The van der Waals surface area contributed by atoms with E-state index in [1.807, 2.05) is 30.3 Å². The summed E-state index contributed by atoms with van der Waals surface area (Å²) < 4.78 is 5.38. The summed E-state index contributed by atoms with van der Waals surface area (Å²) in [7, 11) is 0. The zero-order valence-corrected chi connectivity index (χ0v) is 11.4. The molecule has 1 aromatic carbocycles. The standard InChI is InChI=1S/C14H9ClN4O2/c15-11-7-6-10(8-16-11)12(20)17-14-19-18-13(21-14)9-4-2-1-3-5-9/h1-8H,(H,17,19,20). The van der Waals surface area contributed by atoms with Crippen LogP contribution in [0.4, 0.5) is 6.01 Å². The molecule has 2 heterocycles. The van der Waals surface area contributed by atoms with Gasteiger partial charge in [0.05, 0.1) is 5.56 Å². The minimum Gasteiger partial charge on any atom is -0.403 e. The fourth-order valence-corrected chi connectivity index (χ4v) is 1.76. The van der Waals surface area contributed by atoms with Crippen LogP contribution in [-0.4, -0.2) is 21.1 Å². The summed E-state index contributed by atoms with van der Waals surface area (Å²) in [5.74, 6) is -0.0671. The first-order chi connectivity index (χ1) is 10.2. The van der Waals surface area contributed by atoms with Gasteiger partial charge in [0.15, 0.2) is 0 Å². The van der Waals surface area contributed by atoms with Crippen molar-refractivity contribution in [3.8, 4) is 11.5 Å². The molecule has 1 N–H and O–H groups in total. The van der Waals surface area contributed by atoms with E-state index in [9.17, 15) is 4.79 Å². The third-order valence-corrected chi connectivity index (χ3v) is 2.88. The molecule has 0 saturated carbocycles. The van der Waals surface area contributed by atoms with E-state index in [0.29, 0.717) is 16.6 Å². The average molecular weight is 301 g/mol. The van der Waals surface area contributed by atoms with Gasteiger partial charge in [-0.05, 0) is 24.3 Å². The molecule has 21 heavy (non-hydrogen) atoms. The first kappa shape index (κ1) is 13.3. The lowest BCUT2D eigenvalue weighted by Gasteiger charge is -1.99. The van der Waals surface area contributed by atoms with Crippen molar-refractivity contribution in [2.45, 2.75) is 0 Å². The topological polar surface area (TPSA) is 80.9 Å². The highest BCUT2D eigenvalue weighted by Gasteiger charge is 2.12. The van der Waals surface area contributed by atoms with Gasteiger partial charge in [-0.25, -0.2) is 4.98 Å². The van der Waals surface area contributed by atoms with Crippen molar-refractivity contribution in [1.29, 1.82) is 0 Å². The largest absolute Gasteiger partial charge is 0.403 e. The lowest BCUT2D eigenvalue weighted by molar-refractivity contribution is 0.102. The number of hydrogen-bond acceptors (Lipinski definition) is 5. The van der Waals surface area contributed by atoms with Gasteiger partial charge in [0, 0.05) is 11.8 Å². The Morgan fingerprint density at radius 2 is 1.90 bits per heavy atom. The molecule has 6 nitrogen and oxygen atoms in total. The van der Waals surface area contributed by atoms with E-state index in [2.05, 4.69) is 20.5 Å². The number of carbonyl (C=O) groups excluding carboxylic acids is 1. The van der Waals surface area contributed by atoms with Crippen molar-refractivity contribution in [2.24, 2.45) is 0 Å². The maximum Gasteiger partial charge on any atom is 0.322 e. The molecule has 0 bridgehead atoms. The van der Waals surface area contributed by atoms with Crippen LogP contribution in [0.15, 0.2) is 53.1 Å². The lowest BCUT2D eigenvalue weighted by Crippen LogP contribution is -2.12. The van der Waals surface area contributed by atoms with E-state index >= 15 is 0 Å². The zero-order chi connectivity index (χ0) is 14.7. The van der Waals surface area contributed by atoms with E-state index in [1.165, 1.54) is 12.3 Å². The number of hydrogen-bond donors (Lipinski definition) is 1. The van der Waals surface area contributed by atoms with Crippen LogP contribution in [0.5, 0.6) is 0 Å². The van der Waals surface area contributed by atoms with Gasteiger partial charge in [-0.3, -0.25) is 10.1 Å². The lowest BCUT2D eigenvalue weighted by atomic mass is 10.2. The molecule has 0 aliphatic heterocycles. The highest BCUT2D eigenvalue weighted by molar-refractivity contribution is 6.29. The Bertz CT molecular complexity index is 756. The molecule has 0 radical (unpaired) electrons. The van der Waals surface area contributed by atoms with E-state index < -0.39 is 5.91 Å². The van der Waals surface area contributed by atoms with Gasteiger partial charge in [-0.2, -0.15) is 0 Å². The molecule has 2 aromatic heterocycles. The summed E-state index contributed by atoms with van der Waals surface area (Å²) in [6.45, 7) is 0. The second-order valence-electron chi connectivity index (χ2n) is 4.10. The quantitative estimate of drug-likeness (QED) is 0.752. The predicted octanol–water partition coefficient (Wildman–Crippen LogP) is 3.04. The van der Waals surface area contributed by atoms with Crippen LogP contribution in [0.2, 0.25) is 5.15 Å². The first-order valence-electron chi connectivity index (χ1n) is 6.04. The number of anilines is 1. The number of benzene rings is 1. The number of nitrogens with one attached hydrogen (secondary N) is 1. The second-order valence-corrected chi connectivity index (χ2v) is 4.49. The fraction of sp³-hybridized carbons (Fsp3) is 0. The number of amides is 1. The Hall–Kier alpha value is -2.73. The number of carbonyl (C=O) groups is 1. The molecule has 104 valence electrons. The van der Waals surface area contributed by atoms with Crippen LogP contribution >= 0.6 is 11.6 Å². The SMILES string of the molecule is O=C(Nc1nnc(-c2ccccc2)o1)c1ccc(Cl)nc1. The molecule has 0 fully saturated rings. The Balaban J connectivity index is 1.75. The maximum atomic E-state index is 11.9. The van der Waals surface area contributed by atoms with Crippen LogP contribution in [-0.2, 0) is 0 Å². The maximum absolute atomic E-state index is 11.9. The summed E-state index contributed by atoms with van der Waals surface area (Å²) in [4.78, 5) is 15.8. The third kappa shape index (κ3) is 3.06. The summed E-state index contributed by atoms with van der Waals surface area (Å²) in [6, 6.07) is 12.4. The number of halogens is 1. The summed E-state index contributed by atoms with van der Waals surface area (Å²) in [6.07, 6.45) is 1.37. The fourth-order valence-electron chi connectivity index (χ4n) is 1.65. The number of aromatic nitrogens is 3. The molecule has 0 unspecified atom stereocenters. The summed E-state index contributed by atoms with van der Waals surface area (Å²) >= 11 is 5.66. The minimum absolute atomic E-state index is 0.0220. The minimum atomic E-state index is -0.401. The molecular formula is C14H9ClN4O2. The van der Waals surface area contributed by atoms with Gasteiger partial charge >= 0.3 is 6.01 Å². The van der Waals surface area contributed by atoms with Crippen LogP contribution < -0.4 is 5.32 Å². The normalized spacial score (nSPS) is 10.3. The molecule has 0 saturated heterocycles. The van der Waals surface area contributed by atoms with E-state index in [-0.39, 0.29) is 6.01 Å². The summed E-state index contributed by atoms with van der Waals surface area (Å²) in [5, 5.41) is 10.5. The summed E-state index contributed by atoms with van der Waals surface area (Å²) in [5.41, 5.74) is 1.12. The Morgan fingerprint density at radius 3 is 2.62 bits per heavy atom. The molecule has 0 aliphatic carbocycles. The Morgan fingerprint density at radius 1 is 1.10 bits per heavy atom. The molecule has 3 rings (SSSR count). The van der Waals surface area contributed by atoms with E-state index in [0.717, 1.165) is 5.56 Å². The van der Waals surface area contributed by atoms with E-state index in [4.69, 9.17) is 16.0 Å². The molecule has 1 amide bonds. The van der Waals surface area contributed by atoms with Gasteiger partial charge in [-0.15, -0.1) is 5.10 Å². The van der Waals surface area contributed by atoms with Crippen molar-refractivity contribution in [3.05, 3.63) is 59.4 Å². The van der Waals surface area contributed by atoms with Gasteiger partial charge in [0.25, 0.3) is 5.91 Å². The van der Waals surface area contributed by atoms with Crippen molar-refractivity contribution in [1.82, 2.24) is 15.2 Å². The molecule has 7 heteroatoms. The molecular weight excluding hydrogens is 292 g/mol. The number of nitrogens with zero attached hydrogens (tertiary/aromatic N) is 3. The Labute approximate surface area is 124 Å². The van der Waals surface area contributed by atoms with Crippen molar-refractivity contribution in [2.75, 3.05) is 5.32 Å².